The summed E-state index contributed by atoms with van der Waals surface area (Å²) in [5, 5.41) is 12.0. The molecule has 8 heteroatoms. The molecule has 0 aliphatic rings. The fraction of sp³-hybridized carbons (Fsp3) is 0.130. The molecule has 0 aliphatic heterocycles. The van der Waals surface area contributed by atoms with Gasteiger partial charge < -0.3 is 9.73 Å². The van der Waals surface area contributed by atoms with Crippen molar-refractivity contribution in [3.8, 4) is 17.1 Å². The number of hydrogen-bond acceptors (Lipinski definition) is 6. The quantitative estimate of drug-likeness (QED) is 0.334. The second-order valence-electron chi connectivity index (χ2n) is 6.84. The molecule has 0 saturated carbocycles. The average Bonchev–Trinajstić information content (AvgIpc) is 3.38. The Labute approximate surface area is 183 Å². The Balaban J connectivity index is 1.57. The summed E-state index contributed by atoms with van der Waals surface area (Å²) in [4.78, 5) is 23.9. The second kappa shape index (κ2) is 9.01. The summed E-state index contributed by atoms with van der Waals surface area (Å²) in [6.07, 6.45) is 1.62. The molecule has 0 aliphatic carbocycles. The number of aryl methyl sites for hydroxylation is 1. The van der Waals surface area contributed by atoms with Crippen LogP contribution >= 0.6 is 11.8 Å². The van der Waals surface area contributed by atoms with E-state index in [0.29, 0.717) is 22.2 Å². The molecule has 1 N–H and O–H groups in total. The van der Waals surface area contributed by atoms with Crippen molar-refractivity contribution in [2.45, 2.75) is 19.0 Å². The molecule has 156 valence electrons. The number of thioether (sulfide) groups is 1. The molecule has 4 rings (SSSR count). The lowest BCUT2D eigenvalue weighted by atomic mass is 10.1. The maximum absolute atomic E-state index is 12.7. The van der Waals surface area contributed by atoms with Gasteiger partial charge in [-0.2, -0.15) is 0 Å². The molecular formula is C23H20N4O3S. The number of hydrogen-bond donors (Lipinski definition) is 1. The van der Waals surface area contributed by atoms with Crippen LogP contribution in [0.3, 0.4) is 0 Å². The van der Waals surface area contributed by atoms with Crippen molar-refractivity contribution in [1.29, 1.82) is 0 Å². The van der Waals surface area contributed by atoms with E-state index >= 15 is 0 Å². The number of benzene rings is 2. The van der Waals surface area contributed by atoms with Crippen LogP contribution in [0.25, 0.3) is 17.1 Å². The van der Waals surface area contributed by atoms with Crippen LogP contribution in [0, 0.1) is 6.92 Å². The van der Waals surface area contributed by atoms with E-state index in [1.165, 1.54) is 18.7 Å². The fourth-order valence-corrected chi connectivity index (χ4v) is 3.97. The Hall–Kier alpha value is -3.65. The van der Waals surface area contributed by atoms with Crippen molar-refractivity contribution in [2.75, 3.05) is 11.1 Å². The predicted molar refractivity (Wildman–Crippen MR) is 120 cm³/mol. The van der Waals surface area contributed by atoms with Crippen molar-refractivity contribution in [3.05, 3.63) is 78.3 Å². The van der Waals surface area contributed by atoms with Gasteiger partial charge in [0, 0.05) is 23.9 Å². The zero-order chi connectivity index (χ0) is 21.8. The number of carbonyl (C=O) groups is 2. The molecular weight excluding hydrogens is 412 g/mol. The fourth-order valence-electron chi connectivity index (χ4n) is 3.12. The van der Waals surface area contributed by atoms with Gasteiger partial charge in [-0.05, 0) is 49.4 Å². The lowest BCUT2D eigenvalue weighted by Crippen LogP contribution is -2.07. The molecule has 2 aromatic carbocycles. The molecule has 0 spiro atoms. The molecule has 0 fully saturated rings. The van der Waals surface area contributed by atoms with Gasteiger partial charge in [-0.25, -0.2) is 0 Å². The van der Waals surface area contributed by atoms with E-state index in [1.54, 1.807) is 30.5 Å². The number of nitrogens with zero attached hydrogens (tertiary/aromatic N) is 3. The zero-order valence-corrected chi connectivity index (χ0v) is 17.8. The number of amides is 1. The monoisotopic (exact) mass is 432 g/mol. The molecule has 0 atom stereocenters. The van der Waals surface area contributed by atoms with Gasteiger partial charge in [0.25, 0.3) is 0 Å². The highest BCUT2D eigenvalue weighted by Crippen LogP contribution is 2.30. The number of ketones is 1. The average molecular weight is 433 g/mol. The normalized spacial score (nSPS) is 10.8. The van der Waals surface area contributed by atoms with E-state index in [-0.39, 0.29) is 17.4 Å². The molecule has 0 unspecified atom stereocenters. The van der Waals surface area contributed by atoms with Crippen molar-refractivity contribution in [1.82, 2.24) is 14.8 Å². The number of para-hydroxylation sites is 1. The highest BCUT2D eigenvalue weighted by Gasteiger charge is 2.20. The van der Waals surface area contributed by atoms with Gasteiger partial charge in [0.1, 0.15) is 5.76 Å². The van der Waals surface area contributed by atoms with Crippen molar-refractivity contribution in [3.63, 3.8) is 0 Å². The van der Waals surface area contributed by atoms with E-state index in [0.717, 1.165) is 17.0 Å². The molecule has 4 aromatic rings. The van der Waals surface area contributed by atoms with Gasteiger partial charge in [0.05, 0.1) is 17.6 Å². The van der Waals surface area contributed by atoms with Crippen LogP contribution in [0.5, 0.6) is 0 Å². The topological polar surface area (TPSA) is 90.0 Å². The van der Waals surface area contributed by atoms with Gasteiger partial charge in [0.15, 0.2) is 16.8 Å². The standard InChI is InChI=1S/C23H20N4O3S/c1-15-20(12-13-30-15)22-25-26-23(27(22)19-6-4-3-5-7-19)31-14-21(29)17-8-10-18(11-9-17)24-16(2)28/h3-13H,14H2,1-2H3,(H,24,28). The molecule has 2 aromatic heterocycles. The molecule has 1 amide bonds. The van der Waals surface area contributed by atoms with Gasteiger partial charge in [-0.15, -0.1) is 10.2 Å². The second-order valence-corrected chi connectivity index (χ2v) is 7.78. The van der Waals surface area contributed by atoms with Crippen molar-refractivity contribution in [2.24, 2.45) is 0 Å². The first-order chi connectivity index (χ1) is 15.0. The third-order valence-corrected chi connectivity index (χ3v) is 5.54. The van der Waals surface area contributed by atoms with Gasteiger partial charge in [0.2, 0.25) is 5.91 Å². The molecule has 0 bridgehead atoms. The largest absolute Gasteiger partial charge is 0.469 e. The Morgan fingerprint density at radius 3 is 2.42 bits per heavy atom. The van der Waals surface area contributed by atoms with Gasteiger partial charge >= 0.3 is 0 Å². The SMILES string of the molecule is CC(=O)Nc1ccc(C(=O)CSc2nnc(-c3ccoc3C)n2-c2ccccc2)cc1. The highest BCUT2D eigenvalue weighted by atomic mass is 32.2. The maximum atomic E-state index is 12.7. The van der Waals surface area contributed by atoms with Crippen molar-refractivity contribution < 1.29 is 14.0 Å². The summed E-state index contributed by atoms with van der Waals surface area (Å²) >= 11 is 1.32. The Morgan fingerprint density at radius 1 is 1.03 bits per heavy atom. The van der Waals surface area contributed by atoms with Crippen LogP contribution in [0.4, 0.5) is 5.69 Å². The first-order valence-electron chi connectivity index (χ1n) is 9.62. The molecule has 7 nitrogen and oxygen atoms in total. The number of aromatic nitrogens is 3. The van der Waals surface area contributed by atoms with Crippen LogP contribution in [0.1, 0.15) is 23.0 Å². The first kappa shape index (κ1) is 20.6. The van der Waals surface area contributed by atoms with Crippen LogP contribution in [0.2, 0.25) is 0 Å². The van der Waals surface area contributed by atoms with Crippen molar-refractivity contribution >= 4 is 29.1 Å². The van der Waals surface area contributed by atoms with E-state index in [1.807, 2.05) is 47.9 Å². The predicted octanol–water partition coefficient (Wildman–Crippen LogP) is 4.77. The van der Waals surface area contributed by atoms with Crippen LogP contribution < -0.4 is 5.32 Å². The van der Waals surface area contributed by atoms with E-state index in [4.69, 9.17) is 4.42 Å². The molecule has 0 radical (unpaired) electrons. The molecule has 2 heterocycles. The number of Topliss-reactive ketones (excluding diaryl/α,β-unsaturated/α-hetero) is 1. The third-order valence-electron chi connectivity index (χ3n) is 4.61. The number of carbonyl (C=O) groups excluding carboxylic acids is 2. The smallest absolute Gasteiger partial charge is 0.221 e. The number of rotatable bonds is 7. The lowest BCUT2D eigenvalue weighted by molar-refractivity contribution is -0.114. The Morgan fingerprint density at radius 2 is 1.77 bits per heavy atom. The van der Waals surface area contributed by atoms with E-state index in [9.17, 15) is 9.59 Å². The lowest BCUT2D eigenvalue weighted by Gasteiger charge is -2.10. The minimum absolute atomic E-state index is 0.0389. The number of nitrogens with one attached hydrogen (secondary N) is 1. The van der Waals surface area contributed by atoms with Crippen LogP contribution in [0.15, 0.2) is 76.5 Å². The summed E-state index contributed by atoms with van der Waals surface area (Å²) in [5.74, 6) is 1.42. The highest BCUT2D eigenvalue weighted by molar-refractivity contribution is 7.99. The number of furan rings is 1. The van der Waals surface area contributed by atoms with Gasteiger partial charge in [-0.1, -0.05) is 30.0 Å². The summed E-state index contributed by atoms with van der Waals surface area (Å²) in [6.45, 7) is 3.32. The minimum atomic E-state index is -0.154. The van der Waals surface area contributed by atoms with Gasteiger partial charge in [-0.3, -0.25) is 14.2 Å². The zero-order valence-electron chi connectivity index (χ0n) is 17.0. The summed E-state index contributed by atoms with van der Waals surface area (Å²) in [7, 11) is 0. The van der Waals surface area contributed by atoms with Crippen LogP contribution in [-0.2, 0) is 4.79 Å². The Kier molecular flexibility index (Phi) is 5.99. The maximum Gasteiger partial charge on any atom is 0.221 e. The van der Waals surface area contributed by atoms with E-state index < -0.39 is 0 Å². The number of anilines is 1. The summed E-state index contributed by atoms with van der Waals surface area (Å²) < 4.78 is 7.37. The minimum Gasteiger partial charge on any atom is -0.469 e. The van der Waals surface area contributed by atoms with E-state index in [2.05, 4.69) is 15.5 Å². The molecule has 31 heavy (non-hydrogen) atoms. The molecule has 0 saturated heterocycles. The Bertz CT molecular complexity index is 1210. The third kappa shape index (κ3) is 4.59. The summed E-state index contributed by atoms with van der Waals surface area (Å²) in [5.41, 5.74) is 2.97. The summed E-state index contributed by atoms with van der Waals surface area (Å²) in [6, 6.07) is 18.5. The first-order valence-corrected chi connectivity index (χ1v) is 10.6. The van der Waals surface area contributed by atoms with Crippen LogP contribution in [-0.4, -0.2) is 32.2 Å².